The van der Waals surface area contributed by atoms with Gasteiger partial charge in [-0.05, 0) is 19.4 Å². The normalized spacial score (nSPS) is 9.07. The van der Waals surface area contributed by atoms with Gasteiger partial charge in [-0.25, -0.2) is 0 Å². The zero-order valence-electron chi connectivity index (χ0n) is 10.3. The van der Waals surface area contributed by atoms with Crippen LogP contribution in [-0.4, -0.2) is 0 Å². The van der Waals surface area contributed by atoms with Crippen molar-refractivity contribution < 1.29 is 0 Å². The zero-order chi connectivity index (χ0) is 11.6. The van der Waals surface area contributed by atoms with Gasteiger partial charge in [0.15, 0.2) is 0 Å². The largest absolute Gasteiger partial charge is 0.168 e. The Morgan fingerprint density at radius 3 is 1.43 bits per heavy atom. The van der Waals surface area contributed by atoms with Crippen LogP contribution in [0.4, 0.5) is 0 Å². The van der Waals surface area contributed by atoms with E-state index in [2.05, 4.69) is 38.6 Å². The van der Waals surface area contributed by atoms with E-state index in [1.807, 2.05) is 45.9 Å². The lowest BCUT2D eigenvalue weighted by Gasteiger charge is -2.16. The van der Waals surface area contributed by atoms with E-state index in [0.717, 1.165) is 0 Å². The smallest absolute Gasteiger partial charge is 0.0322 e. The van der Waals surface area contributed by atoms with Crippen molar-refractivity contribution in [2.45, 2.75) is 46.3 Å². The summed E-state index contributed by atoms with van der Waals surface area (Å²) < 4.78 is -0.0126. The summed E-state index contributed by atoms with van der Waals surface area (Å²) in [6, 6.07) is 10.3. The van der Waals surface area contributed by atoms with Gasteiger partial charge in [0.2, 0.25) is 0 Å². The summed E-state index contributed by atoms with van der Waals surface area (Å²) in [4.78, 5) is 0. The van der Waals surface area contributed by atoms with E-state index < -0.39 is 0 Å². The van der Waals surface area contributed by atoms with Crippen LogP contribution >= 0.6 is 12.6 Å². The molecule has 0 radical (unpaired) electrons. The average Bonchev–Trinajstić information content (AvgIpc) is 2.24. The minimum atomic E-state index is -0.0126. The molecular weight excluding hydrogens is 188 g/mol. The lowest BCUT2D eigenvalue weighted by Crippen LogP contribution is -2.06. The molecule has 1 rings (SSSR count). The Morgan fingerprint density at radius 2 is 1.21 bits per heavy atom. The summed E-state index contributed by atoms with van der Waals surface area (Å²) in [7, 11) is 0. The topological polar surface area (TPSA) is 0 Å². The van der Waals surface area contributed by atoms with Gasteiger partial charge in [0.1, 0.15) is 0 Å². The van der Waals surface area contributed by atoms with Crippen LogP contribution in [0.15, 0.2) is 30.3 Å². The molecule has 0 heterocycles. The van der Waals surface area contributed by atoms with Gasteiger partial charge in [-0.3, -0.25) is 0 Å². The number of rotatable bonds is 1. The lowest BCUT2D eigenvalue weighted by molar-refractivity contribution is 0.791. The molecule has 0 saturated heterocycles. The zero-order valence-corrected chi connectivity index (χ0v) is 11.2. The first-order chi connectivity index (χ1) is 6.61. The maximum atomic E-state index is 4.44. The van der Waals surface area contributed by atoms with Crippen LogP contribution in [-0.2, 0) is 4.75 Å². The number of benzene rings is 1. The highest BCUT2D eigenvalue weighted by molar-refractivity contribution is 7.81. The van der Waals surface area contributed by atoms with Crippen molar-refractivity contribution in [3.05, 3.63) is 35.9 Å². The lowest BCUT2D eigenvalue weighted by atomic mass is 10.0. The monoisotopic (exact) mass is 212 g/mol. The van der Waals surface area contributed by atoms with Crippen LogP contribution in [0.25, 0.3) is 0 Å². The molecule has 0 aliphatic heterocycles. The summed E-state index contributed by atoms with van der Waals surface area (Å²) in [6.45, 7) is 12.2. The molecule has 0 N–H and O–H groups in total. The van der Waals surface area contributed by atoms with Crippen LogP contribution < -0.4 is 0 Å². The molecule has 0 aliphatic carbocycles. The molecule has 14 heavy (non-hydrogen) atoms. The molecule has 1 heteroatoms. The number of hydrogen-bond acceptors (Lipinski definition) is 1. The third-order valence-corrected chi connectivity index (χ3v) is 1.74. The van der Waals surface area contributed by atoms with E-state index in [0.29, 0.717) is 0 Å². The molecule has 0 atom stereocenters. The number of hydrogen-bond donors (Lipinski definition) is 1. The average molecular weight is 212 g/mol. The third kappa shape index (κ3) is 7.02. The Balaban J connectivity index is 0. The third-order valence-electron chi connectivity index (χ3n) is 1.48. The molecule has 0 unspecified atom stereocenters. The van der Waals surface area contributed by atoms with Gasteiger partial charge >= 0.3 is 0 Å². The van der Waals surface area contributed by atoms with E-state index in [9.17, 15) is 0 Å². The molecular formula is C13H24S. The summed E-state index contributed by atoms with van der Waals surface area (Å²) in [5.74, 6) is 0. The maximum absolute atomic E-state index is 4.44. The van der Waals surface area contributed by atoms with Gasteiger partial charge in [-0.15, -0.1) is 0 Å². The van der Waals surface area contributed by atoms with Crippen molar-refractivity contribution in [2.24, 2.45) is 0 Å². The first kappa shape index (κ1) is 16.0. The molecule has 0 nitrogen and oxygen atoms in total. The molecule has 0 aromatic heterocycles. The molecule has 0 spiro atoms. The second kappa shape index (κ2) is 9.14. The van der Waals surface area contributed by atoms with Crippen molar-refractivity contribution >= 4 is 12.6 Å². The van der Waals surface area contributed by atoms with E-state index in [4.69, 9.17) is 0 Å². The molecule has 1 aromatic carbocycles. The van der Waals surface area contributed by atoms with Crippen molar-refractivity contribution in [2.75, 3.05) is 0 Å². The fraction of sp³-hybridized carbons (Fsp3) is 0.538. The van der Waals surface area contributed by atoms with Crippen molar-refractivity contribution in [3.8, 4) is 0 Å². The van der Waals surface area contributed by atoms with E-state index in [-0.39, 0.29) is 4.75 Å². The summed E-state index contributed by atoms with van der Waals surface area (Å²) in [5.41, 5.74) is 1.26. The van der Waals surface area contributed by atoms with Crippen LogP contribution in [0.3, 0.4) is 0 Å². The molecule has 0 aliphatic rings. The van der Waals surface area contributed by atoms with Crippen molar-refractivity contribution in [3.63, 3.8) is 0 Å². The van der Waals surface area contributed by atoms with E-state index >= 15 is 0 Å². The second-order valence-corrected chi connectivity index (χ2v) is 4.04. The Hall–Kier alpha value is -0.430. The molecule has 1 aromatic rings. The van der Waals surface area contributed by atoms with Crippen LogP contribution in [0, 0.1) is 0 Å². The van der Waals surface area contributed by atoms with Crippen LogP contribution in [0.2, 0.25) is 0 Å². The highest BCUT2D eigenvalue weighted by Crippen LogP contribution is 2.25. The molecule has 0 bridgehead atoms. The van der Waals surface area contributed by atoms with Gasteiger partial charge in [-0.2, -0.15) is 12.6 Å². The highest BCUT2D eigenvalue weighted by atomic mass is 32.1. The Bertz CT molecular complexity index is 196. The van der Waals surface area contributed by atoms with Crippen molar-refractivity contribution in [1.82, 2.24) is 0 Å². The molecule has 82 valence electrons. The fourth-order valence-electron chi connectivity index (χ4n) is 0.846. The Labute approximate surface area is 95.2 Å². The van der Waals surface area contributed by atoms with Gasteiger partial charge in [0.25, 0.3) is 0 Å². The fourth-order valence-corrected chi connectivity index (χ4v) is 0.995. The quantitative estimate of drug-likeness (QED) is 0.629. The summed E-state index contributed by atoms with van der Waals surface area (Å²) in [6.07, 6.45) is 0. The number of thiol groups is 1. The predicted molar refractivity (Wildman–Crippen MR) is 71.2 cm³/mol. The second-order valence-electron chi connectivity index (χ2n) is 2.93. The van der Waals surface area contributed by atoms with Gasteiger partial charge < -0.3 is 0 Å². The first-order valence-electron chi connectivity index (χ1n) is 5.38. The predicted octanol–water partition coefficient (Wildman–Crippen LogP) is 4.90. The van der Waals surface area contributed by atoms with Crippen LogP contribution in [0.1, 0.15) is 47.1 Å². The first-order valence-corrected chi connectivity index (χ1v) is 5.83. The SMILES string of the molecule is CC.CC.CC(C)(S)c1ccccc1. The van der Waals surface area contributed by atoms with Gasteiger partial charge in [-0.1, -0.05) is 58.0 Å². The van der Waals surface area contributed by atoms with E-state index in [1.54, 1.807) is 0 Å². The van der Waals surface area contributed by atoms with Crippen LogP contribution in [0.5, 0.6) is 0 Å². The Morgan fingerprint density at radius 1 is 0.857 bits per heavy atom. The van der Waals surface area contributed by atoms with Gasteiger partial charge in [0.05, 0.1) is 0 Å². The molecule has 0 saturated carbocycles. The summed E-state index contributed by atoms with van der Waals surface area (Å²) in [5, 5.41) is 0. The standard InChI is InChI=1S/C9H12S.2C2H6/c1-9(2,10)8-6-4-3-5-7-8;2*1-2/h3-7,10H,1-2H3;2*1-2H3. The molecule has 0 fully saturated rings. The van der Waals surface area contributed by atoms with Crippen molar-refractivity contribution in [1.29, 1.82) is 0 Å². The summed E-state index contributed by atoms with van der Waals surface area (Å²) >= 11 is 4.44. The Kier molecular flexibility index (Phi) is 10.5. The molecule has 0 amide bonds. The minimum absolute atomic E-state index is 0.0126. The highest BCUT2D eigenvalue weighted by Gasteiger charge is 2.12. The maximum Gasteiger partial charge on any atom is 0.0322 e. The van der Waals surface area contributed by atoms with E-state index in [1.165, 1.54) is 5.56 Å². The minimum Gasteiger partial charge on any atom is -0.168 e. The van der Waals surface area contributed by atoms with Gasteiger partial charge in [0, 0.05) is 4.75 Å².